The summed E-state index contributed by atoms with van der Waals surface area (Å²) in [4.78, 5) is 11.5. The molecule has 0 fully saturated rings. The van der Waals surface area contributed by atoms with Crippen LogP contribution in [-0.2, 0) is 16.4 Å². The quantitative estimate of drug-likeness (QED) is 0.764. The molecule has 1 aliphatic heterocycles. The van der Waals surface area contributed by atoms with Crippen LogP contribution in [0.15, 0.2) is 9.32 Å². The predicted octanol–water partition coefficient (Wildman–Crippen LogP) is -0.245. The van der Waals surface area contributed by atoms with E-state index in [4.69, 9.17) is 5.21 Å². The van der Waals surface area contributed by atoms with E-state index in [0.29, 0.717) is 18.7 Å². The summed E-state index contributed by atoms with van der Waals surface area (Å²) in [6.45, 7) is 0. The van der Waals surface area contributed by atoms with Crippen LogP contribution >= 0.6 is 0 Å². The molecule has 0 saturated heterocycles. The number of hydrogen-bond donors (Lipinski definition) is 1. The molecule has 102 valence electrons. The Balaban J connectivity index is 2.34. The van der Waals surface area contributed by atoms with E-state index >= 15 is 0 Å². The number of rotatable bonds is 3. The van der Waals surface area contributed by atoms with Gasteiger partial charge in [-0.1, -0.05) is 16.0 Å². The van der Waals surface area contributed by atoms with Gasteiger partial charge in [0.1, 0.15) is 0 Å². The van der Waals surface area contributed by atoms with Gasteiger partial charge in [-0.05, 0) is 12.8 Å². The first-order valence-corrected chi connectivity index (χ1v) is 7.25. The first kappa shape index (κ1) is 13.2. The van der Waals surface area contributed by atoms with Crippen molar-refractivity contribution in [3.63, 3.8) is 0 Å². The van der Waals surface area contributed by atoms with Gasteiger partial charge in [0.2, 0.25) is 10.0 Å². The first-order valence-electron chi connectivity index (χ1n) is 5.64. The van der Waals surface area contributed by atoms with E-state index in [-0.39, 0.29) is 10.2 Å². The highest BCUT2D eigenvalue weighted by molar-refractivity contribution is 7.88. The van der Waals surface area contributed by atoms with Crippen molar-refractivity contribution >= 4 is 10.0 Å². The van der Waals surface area contributed by atoms with Gasteiger partial charge in [0, 0.05) is 13.5 Å². The molecular weight excluding hydrogens is 262 g/mol. The average Bonchev–Trinajstić information content (AvgIpc) is 2.53. The van der Waals surface area contributed by atoms with Crippen LogP contribution in [0.3, 0.4) is 0 Å². The fourth-order valence-electron chi connectivity index (χ4n) is 2.11. The second-order valence-electron chi connectivity index (χ2n) is 4.35. The van der Waals surface area contributed by atoms with E-state index in [2.05, 4.69) is 9.68 Å². The van der Waals surface area contributed by atoms with Crippen molar-refractivity contribution < 1.29 is 18.1 Å². The Bertz CT molecular complexity index is 573. The molecule has 1 aromatic heterocycles. The van der Waals surface area contributed by atoms with Crippen LogP contribution in [0.1, 0.15) is 31.1 Å². The minimum absolute atomic E-state index is 0.177. The van der Waals surface area contributed by atoms with Crippen LogP contribution in [0, 0.1) is 0 Å². The normalized spacial score (nSPS) is 20.7. The lowest BCUT2D eigenvalue weighted by Crippen LogP contribution is -2.33. The lowest BCUT2D eigenvalue weighted by Gasteiger charge is -2.17. The molecule has 0 bridgehead atoms. The molecule has 2 rings (SSSR count). The van der Waals surface area contributed by atoms with Gasteiger partial charge in [0.25, 0.3) is 0 Å². The van der Waals surface area contributed by atoms with Crippen LogP contribution in [0.25, 0.3) is 0 Å². The number of sulfonamides is 1. The SMILES string of the molecule is CN(O)S(=O)(=O)CC1CCCCc2noc(=O)n21. The van der Waals surface area contributed by atoms with E-state index in [1.807, 2.05) is 0 Å². The highest BCUT2D eigenvalue weighted by Crippen LogP contribution is 2.23. The van der Waals surface area contributed by atoms with Gasteiger partial charge in [-0.25, -0.2) is 13.2 Å². The summed E-state index contributed by atoms with van der Waals surface area (Å²) in [6.07, 6.45) is 2.77. The van der Waals surface area contributed by atoms with Crippen molar-refractivity contribution in [3.05, 3.63) is 16.4 Å². The van der Waals surface area contributed by atoms with Crippen LogP contribution in [0.5, 0.6) is 0 Å². The second-order valence-corrected chi connectivity index (χ2v) is 6.37. The smallest absolute Gasteiger partial charge is 0.300 e. The topological polar surface area (TPSA) is 106 Å². The molecular formula is C9H15N3O5S. The molecule has 2 heterocycles. The van der Waals surface area contributed by atoms with Crippen molar-refractivity contribution in [2.75, 3.05) is 12.8 Å². The molecule has 8 nitrogen and oxygen atoms in total. The molecule has 0 radical (unpaired) electrons. The maximum absolute atomic E-state index is 11.7. The predicted molar refractivity (Wildman–Crippen MR) is 60.7 cm³/mol. The third kappa shape index (κ3) is 2.47. The molecule has 0 spiro atoms. The summed E-state index contributed by atoms with van der Waals surface area (Å²) < 4.78 is 29.4. The number of nitrogens with zero attached hydrogens (tertiary/aromatic N) is 3. The minimum Gasteiger partial charge on any atom is -0.300 e. The number of hydroxylamine groups is 1. The Hall–Kier alpha value is -1.19. The average molecular weight is 277 g/mol. The Morgan fingerprint density at radius 1 is 1.56 bits per heavy atom. The Kier molecular flexibility index (Phi) is 3.55. The van der Waals surface area contributed by atoms with Crippen LogP contribution in [0.4, 0.5) is 0 Å². The Labute approximate surface area is 104 Å². The van der Waals surface area contributed by atoms with Crippen molar-refractivity contribution in [1.82, 2.24) is 14.2 Å². The van der Waals surface area contributed by atoms with Crippen molar-refractivity contribution in [2.24, 2.45) is 0 Å². The molecule has 1 aliphatic rings. The molecule has 18 heavy (non-hydrogen) atoms. The van der Waals surface area contributed by atoms with Gasteiger partial charge < -0.3 is 0 Å². The fraction of sp³-hybridized carbons (Fsp3) is 0.778. The number of hydrogen-bond acceptors (Lipinski definition) is 6. The molecule has 1 atom stereocenters. The lowest BCUT2D eigenvalue weighted by molar-refractivity contribution is 0.0305. The molecule has 0 aromatic carbocycles. The van der Waals surface area contributed by atoms with Crippen LogP contribution < -0.4 is 5.76 Å². The number of fused-ring (bicyclic) bond motifs is 1. The fourth-order valence-corrected chi connectivity index (χ4v) is 3.13. The maximum atomic E-state index is 11.7. The minimum atomic E-state index is -3.79. The zero-order chi connectivity index (χ0) is 13.3. The monoisotopic (exact) mass is 277 g/mol. The first-order chi connectivity index (χ1) is 8.42. The number of aromatic nitrogens is 2. The lowest BCUT2D eigenvalue weighted by atomic mass is 10.1. The van der Waals surface area contributed by atoms with E-state index in [9.17, 15) is 13.2 Å². The Morgan fingerprint density at radius 3 is 2.94 bits per heavy atom. The third-order valence-corrected chi connectivity index (χ3v) is 4.67. The summed E-state index contributed by atoms with van der Waals surface area (Å²) in [6, 6.07) is -0.541. The molecule has 1 unspecified atom stereocenters. The summed E-state index contributed by atoms with van der Waals surface area (Å²) >= 11 is 0. The molecule has 1 N–H and O–H groups in total. The molecule has 9 heteroatoms. The summed E-state index contributed by atoms with van der Waals surface area (Å²) in [7, 11) is -2.75. The van der Waals surface area contributed by atoms with E-state index in [1.165, 1.54) is 4.57 Å². The highest BCUT2D eigenvalue weighted by Gasteiger charge is 2.29. The maximum Gasteiger partial charge on any atom is 0.441 e. The Morgan fingerprint density at radius 2 is 2.28 bits per heavy atom. The van der Waals surface area contributed by atoms with Gasteiger partial charge >= 0.3 is 5.76 Å². The van der Waals surface area contributed by atoms with Crippen LogP contribution in [-0.4, -0.2) is 40.6 Å². The van der Waals surface area contributed by atoms with Gasteiger partial charge in [0.15, 0.2) is 5.82 Å². The summed E-state index contributed by atoms with van der Waals surface area (Å²) in [5, 5.41) is 12.7. The second kappa shape index (κ2) is 4.82. The zero-order valence-corrected chi connectivity index (χ0v) is 10.8. The molecule has 0 amide bonds. The molecule has 0 aliphatic carbocycles. The van der Waals surface area contributed by atoms with Gasteiger partial charge in [-0.3, -0.25) is 14.3 Å². The van der Waals surface area contributed by atoms with Crippen molar-refractivity contribution in [2.45, 2.75) is 31.7 Å². The summed E-state index contributed by atoms with van der Waals surface area (Å²) in [5.74, 6) is -0.514. The number of aryl methyl sites for hydroxylation is 1. The van der Waals surface area contributed by atoms with Gasteiger partial charge in [0.05, 0.1) is 11.8 Å². The third-order valence-electron chi connectivity index (χ3n) is 3.06. The highest BCUT2D eigenvalue weighted by atomic mass is 32.2. The van der Waals surface area contributed by atoms with Gasteiger partial charge in [-0.2, -0.15) is 0 Å². The molecule has 1 aromatic rings. The van der Waals surface area contributed by atoms with Crippen molar-refractivity contribution in [1.29, 1.82) is 0 Å². The standard InChI is InChI=1S/C9H15N3O5S/c1-11(14)18(15,16)6-7-4-2-3-5-8-10-17-9(13)12(7)8/h7,14H,2-6H2,1H3. The van der Waals surface area contributed by atoms with Gasteiger partial charge in [-0.15, -0.1) is 0 Å². The van der Waals surface area contributed by atoms with Crippen LogP contribution in [0.2, 0.25) is 0 Å². The molecule has 0 saturated carbocycles. The van der Waals surface area contributed by atoms with E-state index in [0.717, 1.165) is 19.9 Å². The van der Waals surface area contributed by atoms with Crippen molar-refractivity contribution in [3.8, 4) is 0 Å². The van der Waals surface area contributed by atoms with E-state index in [1.54, 1.807) is 0 Å². The zero-order valence-electron chi connectivity index (χ0n) is 9.94. The van der Waals surface area contributed by atoms with E-state index < -0.39 is 21.8 Å². The largest absolute Gasteiger partial charge is 0.441 e. The summed E-state index contributed by atoms with van der Waals surface area (Å²) in [5.41, 5.74) is 0.